The number of nitro benzene ring substituents is 1. The first-order chi connectivity index (χ1) is 18.0. The number of benzene rings is 2. The van der Waals surface area contributed by atoms with Crippen LogP contribution in [0.5, 0.6) is 0 Å². The van der Waals surface area contributed by atoms with Gasteiger partial charge < -0.3 is 0 Å². The van der Waals surface area contributed by atoms with Crippen LogP contribution in [0.3, 0.4) is 0 Å². The van der Waals surface area contributed by atoms with Crippen LogP contribution in [0.15, 0.2) is 66.5 Å². The molecule has 0 spiro atoms. The van der Waals surface area contributed by atoms with E-state index in [2.05, 4.69) is 24.5 Å². The van der Waals surface area contributed by atoms with Crippen molar-refractivity contribution >= 4 is 25.5 Å². The zero-order valence-corrected chi connectivity index (χ0v) is 25.4. The minimum Gasteiger partial charge on any atom is -0.258 e. The average Bonchev–Trinajstić information content (AvgIpc) is 2.82. The number of rotatable bonds is 9. The van der Waals surface area contributed by atoms with Crippen LogP contribution < -0.4 is 0 Å². The van der Waals surface area contributed by atoms with Gasteiger partial charge in [0.05, 0.1) is 15.4 Å². The fourth-order valence-electron chi connectivity index (χ4n) is 5.47. The summed E-state index contributed by atoms with van der Waals surface area (Å²) in [6.07, 6.45) is 6.20. The first-order valence-corrected chi connectivity index (χ1v) is 16.3. The van der Waals surface area contributed by atoms with Crippen LogP contribution in [0.4, 0.5) is 10.1 Å². The molecule has 1 atom stereocenters. The van der Waals surface area contributed by atoms with Gasteiger partial charge in [0, 0.05) is 33.4 Å². The molecule has 0 aromatic heterocycles. The number of non-ortho nitro benzene ring substituents is 1. The number of halogens is 1. The predicted molar refractivity (Wildman–Crippen MR) is 155 cm³/mol. The molecule has 2 aromatic carbocycles. The van der Waals surface area contributed by atoms with Crippen molar-refractivity contribution in [3.05, 3.63) is 64.5 Å². The Bertz CT molecular complexity index is 1380. The van der Waals surface area contributed by atoms with E-state index in [1.807, 2.05) is 25.2 Å². The lowest BCUT2D eigenvalue weighted by Gasteiger charge is -2.36. The highest BCUT2D eigenvalue weighted by Crippen LogP contribution is 2.36. The van der Waals surface area contributed by atoms with Crippen molar-refractivity contribution in [3.63, 3.8) is 0 Å². The van der Waals surface area contributed by atoms with Gasteiger partial charge in [0.25, 0.3) is 15.7 Å². The summed E-state index contributed by atoms with van der Waals surface area (Å²) in [4.78, 5) is 10.9. The number of sulfonamides is 1. The van der Waals surface area contributed by atoms with Crippen molar-refractivity contribution in [3.8, 4) is 0 Å². The molecule has 0 saturated heterocycles. The number of nitro groups is 1. The Morgan fingerprint density at radius 1 is 0.949 bits per heavy atom. The second kappa shape index (κ2) is 12.0. The van der Waals surface area contributed by atoms with Gasteiger partial charge in [-0.1, -0.05) is 40.0 Å². The lowest BCUT2D eigenvalue weighted by Crippen LogP contribution is -2.36. The van der Waals surface area contributed by atoms with Crippen LogP contribution in [0.2, 0.25) is 0 Å². The van der Waals surface area contributed by atoms with Gasteiger partial charge in [-0.25, -0.2) is 13.1 Å². The number of hydrogen-bond acceptors (Lipinski definition) is 5. The zero-order valence-electron chi connectivity index (χ0n) is 23.8. The summed E-state index contributed by atoms with van der Waals surface area (Å²) in [6.45, 7) is 10.9. The summed E-state index contributed by atoms with van der Waals surface area (Å²) in [5.41, 5.74) is -0.978. The van der Waals surface area contributed by atoms with Crippen molar-refractivity contribution in [1.82, 2.24) is 4.31 Å². The van der Waals surface area contributed by atoms with E-state index >= 15 is 0 Å². The van der Waals surface area contributed by atoms with Crippen LogP contribution in [0.25, 0.3) is 0 Å². The van der Waals surface area contributed by atoms with E-state index in [4.69, 9.17) is 4.36 Å². The Labute approximate surface area is 233 Å². The van der Waals surface area contributed by atoms with Gasteiger partial charge in [-0.15, -0.1) is 3.77 Å². The summed E-state index contributed by atoms with van der Waals surface area (Å²) < 4.78 is 53.6. The van der Waals surface area contributed by atoms with E-state index in [0.29, 0.717) is 23.8 Å². The fraction of sp³-hybridized carbons (Fsp3) is 0.571. The van der Waals surface area contributed by atoms with Crippen molar-refractivity contribution < 1.29 is 17.7 Å². The molecule has 1 fully saturated rings. The van der Waals surface area contributed by atoms with Crippen LogP contribution in [0.1, 0.15) is 73.1 Å². The standard InChI is InChI=1S/C28H41FN4O4S2/c1-27(2,3)21-28(4,5)30-38(25-16-12-23(29)13-17-25,32(6)20-22-10-8-7-9-11-22)31-39(36,37)26-18-14-24(15-19-26)33(34)35/h12-19,22H,7-11,20-21H2,1-6H3. The molecule has 2 aromatic rings. The van der Waals surface area contributed by atoms with E-state index in [9.17, 15) is 22.9 Å². The van der Waals surface area contributed by atoms with E-state index < -0.39 is 36.1 Å². The normalized spacial score (nSPS) is 17.0. The molecule has 1 aliphatic carbocycles. The largest absolute Gasteiger partial charge is 0.290 e. The van der Waals surface area contributed by atoms with Gasteiger partial charge in [-0.2, -0.15) is 8.42 Å². The maximum Gasteiger partial charge on any atom is 0.290 e. The van der Waals surface area contributed by atoms with Gasteiger partial charge in [0.2, 0.25) is 0 Å². The molecule has 216 valence electrons. The van der Waals surface area contributed by atoms with Crippen molar-refractivity contribution in [2.75, 3.05) is 13.6 Å². The summed E-state index contributed by atoms with van der Waals surface area (Å²) in [5, 5.41) is 11.1. The molecular formula is C28H41FN4O4S2. The second-order valence-electron chi connectivity index (χ2n) is 12.2. The minimum atomic E-state index is -4.31. The van der Waals surface area contributed by atoms with Crippen molar-refractivity contribution in [2.45, 2.75) is 88.5 Å². The van der Waals surface area contributed by atoms with Crippen molar-refractivity contribution in [1.29, 1.82) is 0 Å². The fourth-order valence-corrected chi connectivity index (χ4v) is 10.6. The SMILES string of the molecule is CN(CC1CCCCC1)S(=NC(C)(C)CC(C)(C)C)(=NS(=O)(=O)c1ccc([N+](=O)[O-])cc1)c1ccc(F)cc1. The maximum atomic E-state index is 14.1. The van der Waals surface area contributed by atoms with E-state index in [1.165, 1.54) is 30.7 Å². The van der Waals surface area contributed by atoms with E-state index in [0.717, 1.165) is 37.8 Å². The molecule has 0 amide bonds. The lowest BCUT2D eigenvalue weighted by atomic mass is 9.82. The van der Waals surface area contributed by atoms with Crippen LogP contribution in [-0.2, 0) is 19.8 Å². The molecular weight excluding hydrogens is 539 g/mol. The first-order valence-electron chi connectivity index (χ1n) is 13.3. The Kier molecular flexibility index (Phi) is 9.60. The third-order valence-corrected chi connectivity index (χ3v) is 11.8. The first kappa shape index (κ1) is 31.2. The zero-order chi connectivity index (χ0) is 29.1. The molecule has 8 nitrogen and oxygen atoms in total. The monoisotopic (exact) mass is 580 g/mol. The molecule has 0 N–H and O–H groups in total. The van der Waals surface area contributed by atoms with Crippen LogP contribution in [0, 0.1) is 27.3 Å². The quantitative estimate of drug-likeness (QED) is 0.224. The second-order valence-corrected chi connectivity index (χ2v) is 16.6. The molecule has 11 heteroatoms. The third-order valence-electron chi connectivity index (χ3n) is 6.69. The highest BCUT2D eigenvalue weighted by molar-refractivity contribution is 8.03. The van der Waals surface area contributed by atoms with Crippen molar-refractivity contribution in [2.24, 2.45) is 19.5 Å². The topological polar surface area (TPSA) is 105 Å². The molecule has 1 saturated carbocycles. The lowest BCUT2D eigenvalue weighted by molar-refractivity contribution is -0.384. The summed E-state index contributed by atoms with van der Waals surface area (Å²) in [7, 11) is -5.39. The molecule has 0 radical (unpaired) electrons. The number of nitrogens with zero attached hydrogens (tertiary/aromatic N) is 4. The Hall–Kier alpha value is -2.37. The average molecular weight is 581 g/mol. The summed E-state index contributed by atoms with van der Waals surface area (Å²) >= 11 is 0. The molecule has 1 aliphatic rings. The van der Waals surface area contributed by atoms with Gasteiger partial charge in [-0.3, -0.25) is 10.1 Å². The van der Waals surface area contributed by atoms with Gasteiger partial charge in [0.1, 0.15) is 5.82 Å². The smallest absolute Gasteiger partial charge is 0.258 e. The molecule has 3 rings (SSSR count). The number of hydrogen-bond donors (Lipinski definition) is 0. The minimum absolute atomic E-state index is 0.0971. The Morgan fingerprint density at radius 2 is 1.49 bits per heavy atom. The molecule has 0 aliphatic heterocycles. The molecule has 0 bridgehead atoms. The third kappa shape index (κ3) is 8.31. The van der Waals surface area contributed by atoms with Crippen LogP contribution >= 0.6 is 0 Å². The van der Waals surface area contributed by atoms with Crippen LogP contribution in [-0.4, -0.2) is 36.8 Å². The van der Waals surface area contributed by atoms with Gasteiger partial charge >= 0.3 is 0 Å². The van der Waals surface area contributed by atoms with Gasteiger partial charge in [-0.05, 0) is 87.9 Å². The molecule has 1 unspecified atom stereocenters. The maximum absolute atomic E-state index is 14.1. The van der Waals surface area contributed by atoms with Gasteiger partial charge in [0.15, 0.2) is 0 Å². The molecule has 39 heavy (non-hydrogen) atoms. The van der Waals surface area contributed by atoms with E-state index in [-0.39, 0.29) is 16.0 Å². The predicted octanol–water partition coefficient (Wildman–Crippen LogP) is 7.64. The summed E-state index contributed by atoms with van der Waals surface area (Å²) in [6, 6.07) is 10.5. The Morgan fingerprint density at radius 3 is 2.00 bits per heavy atom. The Balaban J connectivity index is 2.34. The molecule has 0 heterocycles. The van der Waals surface area contributed by atoms with E-state index in [1.54, 1.807) is 12.1 Å². The highest BCUT2D eigenvalue weighted by Gasteiger charge is 2.32. The highest BCUT2D eigenvalue weighted by atomic mass is 32.3. The summed E-state index contributed by atoms with van der Waals surface area (Å²) in [5.74, 6) is -0.0663.